The van der Waals surface area contributed by atoms with Crippen molar-refractivity contribution in [2.45, 2.75) is 13.3 Å². The average molecular weight is 276 g/mol. The summed E-state index contributed by atoms with van der Waals surface area (Å²) in [6, 6.07) is 5.95. The fourth-order valence-electron chi connectivity index (χ4n) is 1.91. The van der Waals surface area contributed by atoms with Crippen molar-refractivity contribution in [1.82, 2.24) is 4.98 Å². The molecule has 0 spiro atoms. The fraction of sp³-hybridized carbons (Fsp3) is 0.143. The van der Waals surface area contributed by atoms with Crippen molar-refractivity contribution >= 4 is 17.6 Å². The number of hydrogen-bond acceptors (Lipinski definition) is 2. The normalized spacial score (nSPS) is 10.3. The molecule has 1 aromatic heterocycles. The minimum absolute atomic E-state index is 0.00637. The van der Waals surface area contributed by atoms with Crippen molar-refractivity contribution in [3.63, 3.8) is 0 Å². The molecule has 0 saturated heterocycles. The van der Waals surface area contributed by atoms with Gasteiger partial charge in [-0.2, -0.15) is 0 Å². The van der Waals surface area contributed by atoms with E-state index < -0.39 is 17.7 Å². The van der Waals surface area contributed by atoms with Gasteiger partial charge in [-0.3, -0.25) is 4.79 Å². The first kappa shape index (κ1) is 13.8. The Bertz CT molecular complexity index is 664. The van der Waals surface area contributed by atoms with Crippen LogP contribution in [0.5, 0.6) is 0 Å². The highest BCUT2D eigenvalue weighted by atomic mass is 19.1. The van der Waals surface area contributed by atoms with Gasteiger partial charge in [-0.25, -0.2) is 9.18 Å². The second kappa shape index (κ2) is 5.56. The molecule has 1 amide bonds. The summed E-state index contributed by atoms with van der Waals surface area (Å²) < 4.78 is 13.4. The SMILES string of the molecule is Cc1[nH]cc(NC(=O)Cc2ccccc2F)c1C(=O)O. The van der Waals surface area contributed by atoms with Crippen molar-refractivity contribution in [2.75, 3.05) is 5.32 Å². The third-order valence-electron chi connectivity index (χ3n) is 2.87. The summed E-state index contributed by atoms with van der Waals surface area (Å²) in [5.74, 6) is -2.08. The van der Waals surface area contributed by atoms with Crippen LogP contribution in [0, 0.1) is 12.7 Å². The molecule has 6 heteroatoms. The van der Waals surface area contributed by atoms with Crippen LogP contribution in [0.3, 0.4) is 0 Å². The van der Waals surface area contributed by atoms with Crippen LogP contribution in [0.1, 0.15) is 21.6 Å². The molecule has 0 bridgehead atoms. The summed E-state index contributed by atoms with van der Waals surface area (Å²) in [6.07, 6.45) is 1.24. The van der Waals surface area contributed by atoms with E-state index in [-0.39, 0.29) is 23.2 Å². The van der Waals surface area contributed by atoms with E-state index in [0.717, 1.165) is 0 Å². The number of carboxylic acids is 1. The van der Waals surface area contributed by atoms with E-state index in [1.54, 1.807) is 13.0 Å². The summed E-state index contributed by atoms with van der Waals surface area (Å²) in [6.45, 7) is 1.59. The molecule has 5 nitrogen and oxygen atoms in total. The van der Waals surface area contributed by atoms with Gasteiger partial charge in [-0.1, -0.05) is 18.2 Å². The van der Waals surface area contributed by atoms with Crippen molar-refractivity contribution in [3.8, 4) is 0 Å². The number of aromatic carboxylic acids is 1. The van der Waals surface area contributed by atoms with Gasteiger partial charge in [0.15, 0.2) is 0 Å². The third-order valence-corrected chi connectivity index (χ3v) is 2.87. The minimum atomic E-state index is -1.13. The topological polar surface area (TPSA) is 82.2 Å². The van der Waals surface area contributed by atoms with Crippen LogP contribution in [-0.4, -0.2) is 22.0 Å². The van der Waals surface area contributed by atoms with Gasteiger partial charge in [0.25, 0.3) is 0 Å². The van der Waals surface area contributed by atoms with Crippen LogP contribution in [0.15, 0.2) is 30.5 Å². The molecule has 0 unspecified atom stereocenters. The zero-order valence-electron chi connectivity index (χ0n) is 10.7. The van der Waals surface area contributed by atoms with Gasteiger partial charge >= 0.3 is 5.97 Å². The van der Waals surface area contributed by atoms with E-state index in [0.29, 0.717) is 5.69 Å². The summed E-state index contributed by atoms with van der Waals surface area (Å²) in [4.78, 5) is 25.6. The molecule has 2 rings (SSSR count). The molecule has 3 N–H and O–H groups in total. The predicted octanol–water partition coefficient (Wildman–Crippen LogP) is 2.34. The number of H-pyrrole nitrogens is 1. The maximum absolute atomic E-state index is 13.4. The molecule has 0 atom stereocenters. The number of carboxylic acid groups (broad SMARTS) is 1. The summed E-state index contributed by atoms with van der Waals surface area (Å²) in [5, 5.41) is 11.5. The molecule has 0 fully saturated rings. The number of nitrogens with one attached hydrogen (secondary N) is 2. The number of aromatic nitrogens is 1. The lowest BCUT2D eigenvalue weighted by molar-refractivity contribution is -0.115. The lowest BCUT2D eigenvalue weighted by atomic mass is 10.1. The van der Waals surface area contributed by atoms with Gasteiger partial charge in [0.1, 0.15) is 11.4 Å². The minimum Gasteiger partial charge on any atom is -0.478 e. The second-order valence-corrected chi connectivity index (χ2v) is 4.32. The molecule has 2 aromatic rings. The lowest BCUT2D eigenvalue weighted by Gasteiger charge is -2.05. The molecule has 0 radical (unpaired) electrons. The molecular formula is C14H13FN2O3. The molecule has 1 heterocycles. The van der Waals surface area contributed by atoms with Crippen LogP contribution in [0.2, 0.25) is 0 Å². The molecule has 1 aromatic carbocycles. The third kappa shape index (κ3) is 2.85. The van der Waals surface area contributed by atoms with Crippen molar-refractivity contribution < 1.29 is 19.1 Å². The van der Waals surface area contributed by atoms with Crippen LogP contribution in [-0.2, 0) is 11.2 Å². The first-order chi connectivity index (χ1) is 9.49. The van der Waals surface area contributed by atoms with E-state index in [9.17, 15) is 14.0 Å². The number of hydrogen-bond donors (Lipinski definition) is 3. The molecule has 0 aliphatic heterocycles. The maximum Gasteiger partial charge on any atom is 0.339 e. The number of benzene rings is 1. The summed E-state index contributed by atoms with van der Waals surface area (Å²) in [7, 11) is 0. The predicted molar refractivity (Wildman–Crippen MR) is 71.2 cm³/mol. The monoisotopic (exact) mass is 276 g/mol. The number of aromatic amines is 1. The zero-order valence-corrected chi connectivity index (χ0v) is 10.7. The van der Waals surface area contributed by atoms with E-state index in [4.69, 9.17) is 5.11 Å². The smallest absolute Gasteiger partial charge is 0.339 e. The highest BCUT2D eigenvalue weighted by Crippen LogP contribution is 2.19. The lowest BCUT2D eigenvalue weighted by Crippen LogP contribution is -2.16. The van der Waals surface area contributed by atoms with Crippen molar-refractivity contribution in [2.24, 2.45) is 0 Å². The van der Waals surface area contributed by atoms with Gasteiger partial charge in [0.2, 0.25) is 5.91 Å². The Morgan fingerprint density at radius 2 is 2.05 bits per heavy atom. The van der Waals surface area contributed by atoms with E-state index in [1.165, 1.54) is 24.4 Å². The number of anilines is 1. The van der Waals surface area contributed by atoms with E-state index in [1.807, 2.05) is 0 Å². The molecule has 0 saturated carbocycles. The molecule has 0 aliphatic carbocycles. The largest absolute Gasteiger partial charge is 0.478 e. The number of carbonyl (C=O) groups excluding carboxylic acids is 1. The number of aryl methyl sites for hydroxylation is 1. The summed E-state index contributed by atoms with van der Waals surface area (Å²) in [5.41, 5.74) is 0.885. The van der Waals surface area contributed by atoms with Gasteiger partial charge in [-0.15, -0.1) is 0 Å². The second-order valence-electron chi connectivity index (χ2n) is 4.32. The highest BCUT2D eigenvalue weighted by molar-refractivity contribution is 6.01. The van der Waals surface area contributed by atoms with E-state index in [2.05, 4.69) is 10.3 Å². The van der Waals surface area contributed by atoms with Gasteiger partial charge in [0.05, 0.1) is 12.1 Å². The average Bonchev–Trinajstić information content (AvgIpc) is 2.73. The van der Waals surface area contributed by atoms with Gasteiger partial charge in [0, 0.05) is 11.9 Å². The standard InChI is InChI=1S/C14H13FN2O3/c1-8-13(14(19)20)11(7-16-8)17-12(18)6-9-4-2-3-5-10(9)15/h2-5,7,16H,6H2,1H3,(H,17,18)(H,19,20). The van der Waals surface area contributed by atoms with Crippen LogP contribution in [0.25, 0.3) is 0 Å². The first-order valence-corrected chi connectivity index (χ1v) is 5.93. The van der Waals surface area contributed by atoms with Gasteiger partial charge < -0.3 is 15.4 Å². The molecule has 104 valence electrons. The first-order valence-electron chi connectivity index (χ1n) is 5.93. The Labute approximate surface area is 114 Å². The maximum atomic E-state index is 13.4. The van der Waals surface area contributed by atoms with Crippen LogP contribution < -0.4 is 5.32 Å². The van der Waals surface area contributed by atoms with E-state index >= 15 is 0 Å². The van der Waals surface area contributed by atoms with Crippen molar-refractivity contribution in [1.29, 1.82) is 0 Å². The Kier molecular flexibility index (Phi) is 3.84. The Hall–Kier alpha value is -2.63. The van der Waals surface area contributed by atoms with Crippen LogP contribution >= 0.6 is 0 Å². The molecular weight excluding hydrogens is 263 g/mol. The number of carbonyl (C=O) groups is 2. The number of rotatable bonds is 4. The number of amides is 1. The number of halogens is 1. The molecule has 0 aliphatic rings. The fourth-order valence-corrected chi connectivity index (χ4v) is 1.91. The quantitative estimate of drug-likeness (QED) is 0.801. The summed E-state index contributed by atoms with van der Waals surface area (Å²) >= 11 is 0. The Morgan fingerprint density at radius 1 is 1.35 bits per heavy atom. The Morgan fingerprint density at radius 3 is 2.70 bits per heavy atom. The Balaban J connectivity index is 2.13. The molecule has 20 heavy (non-hydrogen) atoms. The van der Waals surface area contributed by atoms with Crippen molar-refractivity contribution in [3.05, 3.63) is 53.1 Å². The van der Waals surface area contributed by atoms with Gasteiger partial charge in [-0.05, 0) is 18.6 Å². The van der Waals surface area contributed by atoms with Crippen LogP contribution in [0.4, 0.5) is 10.1 Å². The zero-order chi connectivity index (χ0) is 14.7. The highest BCUT2D eigenvalue weighted by Gasteiger charge is 2.17.